The number of ether oxygens (including phenoxy) is 1. The molecule has 156 valence electrons. The lowest BCUT2D eigenvalue weighted by Crippen LogP contribution is -2.15. The molecule has 1 N–H and O–H groups in total. The van der Waals surface area contributed by atoms with Gasteiger partial charge in [-0.25, -0.2) is 0 Å². The van der Waals surface area contributed by atoms with Crippen LogP contribution in [0.25, 0.3) is 11.4 Å². The first-order valence-corrected chi connectivity index (χ1v) is 10.7. The molecule has 0 atom stereocenters. The summed E-state index contributed by atoms with van der Waals surface area (Å²) >= 11 is 13.4. The Morgan fingerprint density at radius 1 is 1.27 bits per heavy atom. The van der Waals surface area contributed by atoms with Crippen molar-refractivity contribution in [2.75, 3.05) is 18.2 Å². The van der Waals surface area contributed by atoms with Gasteiger partial charge < -0.3 is 10.1 Å². The van der Waals surface area contributed by atoms with E-state index in [1.165, 1.54) is 18.9 Å². The molecule has 0 aliphatic carbocycles. The van der Waals surface area contributed by atoms with E-state index in [0.29, 0.717) is 39.0 Å². The average Bonchev–Trinajstić information content (AvgIpc) is 3.12. The van der Waals surface area contributed by atoms with E-state index in [-0.39, 0.29) is 11.7 Å². The summed E-state index contributed by atoms with van der Waals surface area (Å²) in [6.07, 6.45) is 1.76. The van der Waals surface area contributed by atoms with Gasteiger partial charge in [-0.05, 0) is 42.8 Å². The molecule has 0 unspecified atom stereocenters. The monoisotopic (exact) mass is 462 g/mol. The highest BCUT2D eigenvalue weighted by atomic mass is 35.5. The standard InChI is InChI=1S/C21H20Cl2N4O2S/c1-4-9-27-20(14-5-7-15(22)8-6-14)25-26-21(27)30-12-19(28)24-17-10-13(2)16(23)11-18(17)29-3/h4-8,10-11H,1,9,12H2,2-3H3,(H,24,28). The Balaban J connectivity index is 1.74. The molecule has 3 aromatic rings. The second-order valence-corrected chi connectivity index (χ2v) is 8.14. The van der Waals surface area contributed by atoms with E-state index >= 15 is 0 Å². The van der Waals surface area contributed by atoms with Crippen LogP contribution in [0.2, 0.25) is 10.0 Å². The van der Waals surface area contributed by atoms with E-state index in [1.807, 2.05) is 23.6 Å². The Morgan fingerprint density at radius 2 is 2.00 bits per heavy atom. The van der Waals surface area contributed by atoms with Crippen LogP contribution >= 0.6 is 35.0 Å². The number of hydrogen-bond donors (Lipinski definition) is 1. The third-order valence-electron chi connectivity index (χ3n) is 4.22. The molecule has 0 saturated heterocycles. The van der Waals surface area contributed by atoms with E-state index < -0.39 is 0 Å². The zero-order valence-corrected chi connectivity index (χ0v) is 18.8. The predicted molar refractivity (Wildman–Crippen MR) is 123 cm³/mol. The summed E-state index contributed by atoms with van der Waals surface area (Å²) in [5.74, 6) is 1.15. The number of halogens is 2. The lowest BCUT2D eigenvalue weighted by Gasteiger charge is -2.12. The molecule has 0 saturated carbocycles. The topological polar surface area (TPSA) is 69.0 Å². The molecule has 3 rings (SSSR count). The highest BCUT2D eigenvalue weighted by Crippen LogP contribution is 2.31. The Kier molecular flexibility index (Phi) is 7.42. The van der Waals surface area contributed by atoms with Gasteiger partial charge in [-0.2, -0.15) is 0 Å². The Hall–Kier alpha value is -2.48. The summed E-state index contributed by atoms with van der Waals surface area (Å²) in [5, 5.41) is 13.2. The number of nitrogens with one attached hydrogen (secondary N) is 1. The van der Waals surface area contributed by atoms with Crippen LogP contribution in [-0.4, -0.2) is 33.5 Å². The van der Waals surface area contributed by atoms with Crippen LogP contribution in [0.4, 0.5) is 5.69 Å². The van der Waals surface area contributed by atoms with Crippen molar-refractivity contribution in [1.82, 2.24) is 14.8 Å². The summed E-state index contributed by atoms with van der Waals surface area (Å²) in [6.45, 7) is 6.18. The van der Waals surface area contributed by atoms with E-state index in [0.717, 1.165) is 11.1 Å². The fourth-order valence-corrected chi connectivity index (χ4v) is 3.78. The van der Waals surface area contributed by atoms with Gasteiger partial charge in [-0.15, -0.1) is 16.8 Å². The highest BCUT2D eigenvalue weighted by molar-refractivity contribution is 7.99. The minimum absolute atomic E-state index is 0.153. The first kappa shape index (κ1) is 22.2. The fraction of sp³-hybridized carbons (Fsp3) is 0.190. The number of aryl methyl sites for hydroxylation is 1. The van der Waals surface area contributed by atoms with Crippen LogP contribution in [0.3, 0.4) is 0 Å². The molecule has 0 bridgehead atoms. The summed E-state index contributed by atoms with van der Waals surface area (Å²) in [5.41, 5.74) is 2.30. The Bertz CT molecular complexity index is 1070. The van der Waals surface area contributed by atoms with Crippen LogP contribution in [0, 0.1) is 6.92 Å². The van der Waals surface area contributed by atoms with Crippen molar-refractivity contribution in [1.29, 1.82) is 0 Å². The smallest absolute Gasteiger partial charge is 0.234 e. The lowest BCUT2D eigenvalue weighted by molar-refractivity contribution is -0.113. The zero-order valence-electron chi connectivity index (χ0n) is 16.5. The van der Waals surface area contributed by atoms with E-state index in [4.69, 9.17) is 27.9 Å². The fourth-order valence-electron chi connectivity index (χ4n) is 2.75. The number of amides is 1. The maximum absolute atomic E-state index is 12.5. The second-order valence-electron chi connectivity index (χ2n) is 6.35. The number of hydrogen-bond acceptors (Lipinski definition) is 5. The first-order chi connectivity index (χ1) is 14.4. The van der Waals surface area contributed by atoms with Crippen molar-refractivity contribution < 1.29 is 9.53 Å². The predicted octanol–water partition coefficient (Wildman–Crippen LogP) is 5.49. The maximum atomic E-state index is 12.5. The largest absolute Gasteiger partial charge is 0.495 e. The van der Waals surface area contributed by atoms with E-state index in [2.05, 4.69) is 22.1 Å². The molecule has 0 aliphatic rings. The number of thioether (sulfide) groups is 1. The van der Waals surface area contributed by atoms with Crippen molar-refractivity contribution in [2.45, 2.75) is 18.6 Å². The molecule has 2 aromatic carbocycles. The number of anilines is 1. The number of methoxy groups -OCH3 is 1. The molecular weight excluding hydrogens is 443 g/mol. The zero-order chi connectivity index (χ0) is 21.7. The van der Waals surface area contributed by atoms with E-state index in [9.17, 15) is 4.79 Å². The number of carbonyl (C=O) groups excluding carboxylic acids is 1. The van der Waals surface area contributed by atoms with Gasteiger partial charge in [0.2, 0.25) is 5.91 Å². The van der Waals surface area contributed by atoms with Gasteiger partial charge in [0, 0.05) is 28.2 Å². The van der Waals surface area contributed by atoms with Crippen LogP contribution < -0.4 is 10.1 Å². The lowest BCUT2D eigenvalue weighted by atomic mass is 10.2. The molecule has 6 nitrogen and oxygen atoms in total. The molecule has 0 fully saturated rings. The SMILES string of the molecule is C=CCn1c(SCC(=O)Nc2cc(C)c(Cl)cc2OC)nnc1-c1ccc(Cl)cc1. The molecule has 1 heterocycles. The minimum atomic E-state index is -0.193. The summed E-state index contributed by atoms with van der Waals surface area (Å²) in [4.78, 5) is 12.5. The van der Waals surface area contributed by atoms with Crippen molar-refractivity contribution in [3.8, 4) is 17.1 Å². The number of allylic oxidation sites excluding steroid dienone is 1. The van der Waals surface area contributed by atoms with Crippen molar-refractivity contribution in [3.63, 3.8) is 0 Å². The van der Waals surface area contributed by atoms with Crippen molar-refractivity contribution in [3.05, 3.63) is 64.7 Å². The van der Waals surface area contributed by atoms with Gasteiger partial charge in [-0.1, -0.05) is 41.0 Å². The molecule has 1 amide bonds. The average molecular weight is 463 g/mol. The van der Waals surface area contributed by atoms with Gasteiger partial charge >= 0.3 is 0 Å². The third-order valence-corrected chi connectivity index (χ3v) is 5.84. The summed E-state index contributed by atoms with van der Waals surface area (Å²) in [6, 6.07) is 10.8. The summed E-state index contributed by atoms with van der Waals surface area (Å²) < 4.78 is 7.21. The van der Waals surface area contributed by atoms with Crippen LogP contribution in [0.5, 0.6) is 5.75 Å². The van der Waals surface area contributed by atoms with Gasteiger partial charge in [0.1, 0.15) is 5.75 Å². The quantitative estimate of drug-likeness (QED) is 0.354. The van der Waals surface area contributed by atoms with Crippen LogP contribution in [-0.2, 0) is 11.3 Å². The minimum Gasteiger partial charge on any atom is -0.495 e. The Morgan fingerprint density at radius 3 is 2.67 bits per heavy atom. The molecule has 0 aliphatic heterocycles. The maximum Gasteiger partial charge on any atom is 0.234 e. The van der Waals surface area contributed by atoms with Crippen LogP contribution in [0.1, 0.15) is 5.56 Å². The molecular formula is C21H20Cl2N4O2S. The number of aromatic nitrogens is 3. The van der Waals surface area contributed by atoms with Crippen LogP contribution in [0.15, 0.2) is 54.2 Å². The second kappa shape index (κ2) is 10.0. The van der Waals surface area contributed by atoms with Crippen molar-refractivity contribution >= 4 is 46.6 Å². The molecule has 0 spiro atoms. The molecule has 1 aromatic heterocycles. The number of nitrogens with zero attached hydrogens (tertiary/aromatic N) is 3. The number of carbonyl (C=O) groups is 1. The first-order valence-electron chi connectivity index (χ1n) is 8.99. The number of rotatable bonds is 8. The van der Waals surface area contributed by atoms with Gasteiger partial charge in [-0.3, -0.25) is 9.36 Å². The third kappa shape index (κ3) is 5.16. The highest BCUT2D eigenvalue weighted by Gasteiger charge is 2.16. The molecule has 0 radical (unpaired) electrons. The normalized spacial score (nSPS) is 10.7. The molecule has 30 heavy (non-hydrogen) atoms. The molecule has 9 heteroatoms. The summed E-state index contributed by atoms with van der Waals surface area (Å²) in [7, 11) is 1.53. The van der Waals surface area contributed by atoms with Crippen molar-refractivity contribution in [2.24, 2.45) is 0 Å². The van der Waals surface area contributed by atoms with Gasteiger partial charge in [0.05, 0.1) is 18.6 Å². The van der Waals surface area contributed by atoms with Gasteiger partial charge in [0.25, 0.3) is 0 Å². The Labute approximate surface area is 189 Å². The van der Waals surface area contributed by atoms with E-state index in [1.54, 1.807) is 30.3 Å². The number of benzene rings is 2. The van der Waals surface area contributed by atoms with Gasteiger partial charge in [0.15, 0.2) is 11.0 Å².